The van der Waals surface area contributed by atoms with E-state index in [1.807, 2.05) is 0 Å². The average molecular weight is 456 g/mol. The Morgan fingerprint density at radius 2 is 1.88 bits per heavy atom. The molecule has 2 heterocycles. The number of aromatic nitrogens is 3. The molecule has 1 amide bonds. The van der Waals surface area contributed by atoms with E-state index in [9.17, 15) is 31.1 Å². The summed E-state index contributed by atoms with van der Waals surface area (Å²) < 4.78 is 80.4. The number of halogens is 6. The first kappa shape index (κ1) is 22.9. The standard InChI is InChI=1S/C19H14F6N6O/c1-30-9-28-13-5-10(3-4-14(13)30)31(2)16(32)8-27-17-11(7-26)12(18(20,21)22)6-15(29-17)19(23,24)25/h3-6,9H,8H2,1-2H3,(H,27,29). The van der Waals surface area contributed by atoms with Crippen LogP contribution < -0.4 is 10.2 Å². The fourth-order valence-electron chi connectivity index (χ4n) is 2.91. The average Bonchev–Trinajstić information content (AvgIpc) is 3.09. The van der Waals surface area contributed by atoms with Crippen molar-refractivity contribution in [2.24, 2.45) is 7.05 Å². The van der Waals surface area contributed by atoms with E-state index in [0.29, 0.717) is 11.2 Å². The van der Waals surface area contributed by atoms with Crippen molar-refractivity contribution in [3.05, 3.63) is 47.4 Å². The van der Waals surface area contributed by atoms with Crippen LogP contribution in [0.5, 0.6) is 0 Å². The zero-order chi connectivity index (χ0) is 23.8. The van der Waals surface area contributed by atoms with Gasteiger partial charge in [0, 0.05) is 19.8 Å². The Labute approximate surface area is 176 Å². The number of nitriles is 1. The van der Waals surface area contributed by atoms with Crippen LogP contribution in [-0.4, -0.2) is 34.0 Å². The number of aryl methyl sites for hydroxylation is 1. The number of fused-ring (bicyclic) bond motifs is 1. The van der Waals surface area contributed by atoms with Gasteiger partial charge in [0.2, 0.25) is 5.91 Å². The summed E-state index contributed by atoms with van der Waals surface area (Å²) in [7, 11) is 3.15. The molecule has 1 aromatic carbocycles. The highest BCUT2D eigenvalue weighted by atomic mass is 19.4. The van der Waals surface area contributed by atoms with Crippen LogP contribution in [0.2, 0.25) is 0 Å². The summed E-state index contributed by atoms with van der Waals surface area (Å²) in [5, 5.41) is 11.2. The molecular formula is C19H14F6N6O. The van der Waals surface area contributed by atoms with Crippen molar-refractivity contribution in [3.8, 4) is 6.07 Å². The number of nitrogens with zero attached hydrogens (tertiary/aromatic N) is 5. The van der Waals surface area contributed by atoms with Crippen molar-refractivity contribution in [1.29, 1.82) is 5.26 Å². The Morgan fingerprint density at radius 1 is 1.19 bits per heavy atom. The van der Waals surface area contributed by atoms with Crippen molar-refractivity contribution < 1.29 is 31.1 Å². The summed E-state index contributed by atoms with van der Waals surface area (Å²) in [6.07, 6.45) is -8.86. The molecule has 0 unspecified atom stereocenters. The molecule has 168 valence electrons. The van der Waals surface area contributed by atoms with Crippen LogP contribution >= 0.6 is 0 Å². The lowest BCUT2D eigenvalue weighted by atomic mass is 10.1. The molecule has 0 atom stereocenters. The molecule has 32 heavy (non-hydrogen) atoms. The van der Waals surface area contributed by atoms with Crippen molar-refractivity contribution in [3.63, 3.8) is 0 Å². The first-order valence-corrected chi connectivity index (χ1v) is 8.84. The molecule has 0 spiro atoms. The van der Waals surface area contributed by atoms with Crippen LogP contribution in [0.15, 0.2) is 30.6 Å². The highest BCUT2D eigenvalue weighted by Gasteiger charge is 2.41. The monoisotopic (exact) mass is 456 g/mol. The van der Waals surface area contributed by atoms with Crippen LogP contribution in [0.1, 0.15) is 16.8 Å². The molecule has 13 heteroatoms. The second-order valence-electron chi connectivity index (χ2n) is 6.72. The normalized spacial score (nSPS) is 12.0. The summed E-state index contributed by atoms with van der Waals surface area (Å²) >= 11 is 0. The number of pyridine rings is 1. The van der Waals surface area contributed by atoms with Gasteiger partial charge in [-0.25, -0.2) is 9.97 Å². The summed E-state index contributed by atoms with van der Waals surface area (Å²) in [6.45, 7) is -0.711. The van der Waals surface area contributed by atoms with E-state index in [4.69, 9.17) is 5.26 Å². The first-order chi connectivity index (χ1) is 14.8. The third-order valence-corrected chi connectivity index (χ3v) is 4.60. The number of benzene rings is 1. The van der Waals surface area contributed by atoms with Gasteiger partial charge in [0.15, 0.2) is 0 Å². The van der Waals surface area contributed by atoms with E-state index >= 15 is 0 Å². The fraction of sp³-hybridized carbons (Fsp3) is 0.263. The number of anilines is 2. The molecule has 0 fully saturated rings. The lowest BCUT2D eigenvalue weighted by Crippen LogP contribution is -2.32. The van der Waals surface area contributed by atoms with Crippen molar-refractivity contribution in [2.45, 2.75) is 12.4 Å². The van der Waals surface area contributed by atoms with Crippen LogP contribution in [0, 0.1) is 11.3 Å². The summed E-state index contributed by atoms with van der Waals surface area (Å²) in [5.41, 5.74) is -3.01. The fourth-order valence-corrected chi connectivity index (χ4v) is 2.91. The maximum Gasteiger partial charge on any atom is 0.433 e. The van der Waals surface area contributed by atoms with E-state index < -0.39 is 47.4 Å². The molecule has 0 radical (unpaired) electrons. The van der Waals surface area contributed by atoms with E-state index in [2.05, 4.69) is 15.3 Å². The molecule has 2 aromatic heterocycles. The number of carbonyl (C=O) groups is 1. The highest BCUT2D eigenvalue weighted by Crippen LogP contribution is 2.38. The van der Waals surface area contributed by atoms with Gasteiger partial charge < -0.3 is 14.8 Å². The SMILES string of the molecule is CN(C(=O)CNc1nc(C(F)(F)F)cc(C(F)(F)F)c1C#N)c1ccc2c(c1)ncn2C. The lowest BCUT2D eigenvalue weighted by Gasteiger charge is -2.19. The minimum Gasteiger partial charge on any atom is -0.360 e. The van der Waals surface area contributed by atoms with Crippen LogP contribution in [0.25, 0.3) is 11.0 Å². The minimum atomic E-state index is -5.23. The van der Waals surface area contributed by atoms with Gasteiger partial charge in [-0.1, -0.05) is 0 Å². The number of hydrogen-bond donors (Lipinski definition) is 1. The molecule has 3 aromatic rings. The predicted molar refractivity (Wildman–Crippen MR) is 102 cm³/mol. The molecule has 0 saturated heterocycles. The Balaban J connectivity index is 1.89. The minimum absolute atomic E-state index is 0.236. The summed E-state index contributed by atoms with van der Waals surface area (Å²) in [6, 6.07) is 5.87. The third-order valence-electron chi connectivity index (χ3n) is 4.60. The molecule has 1 N–H and O–H groups in total. The number of rotatable bonds is 4. The molecule has 0 aliphatic heterocycles. The van der Waals surface area contributed by atoms with Gasteiger partial charge in [-0.3, -0.25) is 4.79 Å². The van der Waals surface area contributed by atoms with Gasteiger partial charge in [0.25, 0.3) is 0 Å². The van der Waals surface area contributed by atoms with Gasteiger partial charge in [-0.15, -0.1) is 0 Å². The highest BCUT2D eigenvalue weighted by molar-refractivity contribution is 5.97. The number of nitrogens with one attached hydrogen (secondary N) is 1. The summed E-state index contributed by atoms with van der Waals surface area (Å²) in [5.74, 6) is -1.69. The molecule has 7 nitrogen and oxygen atoms in total. The Bertz CT molecular complexity index is 1220. The quantitative estimate of drug-likeness (QED) is 0.601. The van der Waals surface area contributed by atoms with Crippen molar-refractivity contribution >= 4 is 28.4 Å². The first-order valence-electron chi connectivity index (χ1n) is 8.84. The molecule has 3 rings (SSSR count). The number of alkyl halides is 6. The number of likely N-dealkylation sites (N-methyl/N-ethyl adjacent to an activating group) is 1. The number of carbonyl (C=O) groups excluding carboxylic acids is 1. The van der Waals surface area contributed by atoms with Crippen LogP contribution in [-0.2, 0) is 24.2 Å². The topological polar surface area (TPSA) is 86.8 Å². The third kappa shape index (κ3) is 4.43. The van der Waals surface area contributed by atoms with Crippen LogP contribution in [0.3, 0.4) is 0 Å². The summed E-state index contributed by atoms with van der Waals surface area (Å²) in [4.78, 5) is 20.9. The molecular weight excluding hydrogens is 442 g/mol. The second-order valence-corrected chi connectivity index (χ2v) is 6.72. The zero-order valence-electron chi connectivity index (χ0n) is 16.5. The Morgan fingerprint density at radius 3 is 2.47 bits per heavy atom. The smallest absolute Gasteiger partial charge is 0.360 e. The van der Waals surface area contributed by atoms with E-state index in [1.165, 1.54) is 13.1 Å². The van der Waals surface area contributed by atoms with Gasteiger partial charge in [-0.2, -0.15) is 31.6 Å². The van der Waals surface area contributed by atoms with E-state index in [0.717, 1.165) is 10.4 Å². The van der Waals surface area contributed by atoms with Gasteiger partial charge >= 0.3 is 12.4 Å². The molecule has 0 aliphatic rings. The van der Waals surface area contributed by atoms with Gasteiger partial charge in [0.05, 0.1) is 29.5 Å². The zero-order valence-corrected chi connectivity index (χ0v) is 16.5. The largest absolute Gasteiger partial charge is 0.433 e. The second kappa shape index (κ2) is 8.03. The number of hydrogen-bond acceptors (Lipinski definition) is 5. The maximum absolute atomic E-state index is 13.2. The van der Waals surface area contributed by atoms with Gasteiger partial charge in [0.1, 0.15) is 23.1 Å². The molecule has 0 saturated carbocycles. The van der Waals surface area contributed by atoms with E-state index in [-0.39, 0.29) is 6.07 Å². The number of imidazole rings is 1. The van der Waals surface area contributed by atoms with E-state index in [1.54, 1.807) is 36.1 Å². The van der Waals surface area contributed by atoms with Crippen LogP contribution in [0.4, 0.5) is 37.8 Å². The van der Waals surface area contributed by atoms with Gasteiger partial charge in [-0.05, 0) is 24.3 Å². The molecule has 0 bridgehead atoms. The number of amides is 1. The lowest BCUT2D eigenvalue weighted by molar-refractivity contribution is -0.145. The predicted octanol–water partition coefficient (Wildman–Crippen LogP) is 3.95. The Hall–Kier alpha value is -3.82. The molecule has 0 aliphatic carbocycles. The maximum atomic E-state index is 13.2. The Kier molecular flexibility index (Phi) is 5.73. The van der Waals surface area contributed by atoms with Crippen molar-refractivity contribution in [2.75, 3.05) is 23.8 Å². The van der Waals surface area contributed by atoms with Crippen molar-refractivity contribution in [1.82, 2.24) is 14.5 Å².